The maximum absolute atomic E-state index is 9.98. The highest BCUT2D eigenvalue weighted by atomic mass is 16.3. The number of aliphatic hydroxyl groups is 1. The minimum absolute atomic E-state index is 0.102. The Labute approximate surface area is 164 Å². The molecule has 0 atom stereocenters. The van der Waals surface area contributed by atoms with Crippen LogP contribution in [-0.2, 0) is 5.41 Å². The van der Waals surface area contributed by atoms with Crippen LogP contribution in [0.3, 0.4) is 0 Å². The van der Waals surface area contributed by atoms with Gasteiger partial charge in [-0.05, 0) is 61.1 Å². The van der Waals surface area contributed by atoms with Gasteiger partial charge < -0.3 is 5.11 Å². The van der Waals surface area contributed by atoms with E-state index in [0.29, 0.717) is 0 Å². The zero-order valence-corrected chi connectivity index (χ0v) is 17.2. The van der Waals surface area contributed by atoms with Gasteiger partial charge in [0.15, 0.2) is 0 Å². The average Bonchev–Trinajstić information content (AvgIpc) is 2.92. The summed E-state index contributed by atoms with van der Waals surface area (Å²) in [5.74, 6) is 6.16. The van der Waals surface area contributed by atoms with Crippen LogP contribution in [0.5, 0.6) is 0 Å². The van der Waals surface area contributed by atoms with Crippen molar-refractivity contribution >= 4 is 0 Å². The van der Waals surface area contributed by atoms with Crippen molar-refractivity contribution in [3.63, 3.8) is 0 Å². The lowest BCUT2D eigenvalue weighted by molar-refractivity contribution is 0.143. The molecule has 1 N–H and O–H groups in total. The number of benzene rings is 2. The normalized spacial score (nSPS) is 14.3. The first-order chi connectivity index (χ1) is 12.9. The van der Waals surface area contributed by atoms with Crippen LogP contribution >= 0.6 is 0 Å². The highest BCUT2D eigenvalue weighted by Gasteiger charge is 2.41. The molecule has 0 saturated carbocycles. The summed E-state index contributed by atoms with van der Waals surface area (Å²) >= 11 is 0. The minimum atomic E-state index is -0.969. The van der Waals surface area contributed by atoms with Gasteiger partial charge in [0.1, 0.15) is 5.60 Å². The Bertz CT molecular complexity index is 850. The number of hydrogen-bond donors (Lipinski definition) is 1. The van der Waals surface area contributed by atoms with Gasteiger partial charge in [0.2, 0.25) is 0 Å². The highest BCUT2D eigenvalue weighted by molar-refractivity contribution is 5.81. The molecular formula is C26H32O. The Kier molecular flexibility index (Phi) is 5.78. The summed E-state index contributed by atoms with van der Waals surface area (Å²) in [6.07, 6.45) is 7.27. The minimum Gasteiger partial charge on any atom is -0.378 e. The standard InChI is InChI=1S/C26H32O/c1-5-7-16-26(17-8-6-2)23-12-10-9-11-21(23)22-14-13-20(19-24(22)26)15-18-25(3,4)27/h9-14,19,27H,5-8,16-17H2,1-4H3. The molecule has 3 rings (SSSR count). The lowest BCUT2D eigenvalue weighted by Crippen LogP contribution is -2.25. The van der Waals surface area contributed by atoms with Crippen LogP contribution < -0.4 is 0 Å². The van der Waals surface area contributed by atoms with Crippen molar-refractivity contribution in [1.82, 2.24) is 0 Å². The highest BCUT2D eigenvalue weighted by Crippen LogP contribution is 2.54. The first-order valence-electron chi connectivity index (χ1n) is 10.4. The molecule has 2 aromatic carbocycles. The summed E-state index contributed by atoms with van der Waals surface area (Å²) in [7, 11) is 0. The Morgan fingerprint density at radius 1 is 0.889 bits per heavy atom. The number of rotatable bonds is 6. The molecule has 0 saturated heterocycles. The Morgan fingerprint density at radius 3 is 2.15 bits per heavy atom. The molecule has 1 aliphatic carbocycles. The molecule has 0 heterocycles. The van der Waals surface area contributed by atoms with Gasteiger partial charge in [-0.2, -0.15) is 0 Å². The van der Waals surface area contributed by atoms with E-state index in [4.69, 9.17) is 0 Å². The van der Waals surface area contributed by atoms with Gasteiger partial charge in [-0.1, -0.05) is 81.7 Å². The predicted molar refractivity (Wildman–Crippen MR) is 115 cm³/mol. The van der Waals surface area contributed by atoms with Crippen molar-refractivity contribution < 1.29 is 5.11 Å². The van der Waals surface area contributed by atoms with Gasteiger partial charge in [0.05, 0.1) is 0 Å². The largest absolute Gasteiger partial charge is 0.378 e. The quantitative estimate of drug-likeness (QED) is 0.586. The van der Waals surface area contributed by atoms with E-state index < -0.39 is 5.60 Å². The van der Waals surface area contributed by atoms with Gasteiger partial charge in [0.25, 0.3) is 0 Å². The third kappa shape index (κ3) is 3.97. The molecule has 0 spiro atoms. The monoisotopic (exact) mass is 360 g/mol. The van der Waals surface area contributed by atoms with Crippen LogP contribution in [0, 0.1) is 11.8 Å². The molecule has 0 radical (unpaired) electrons. The SMILES string of the molecule is CCCCC1(CCCC)c2ccccc2-c2ccc(C#CC(C)(C)O)cc21. The molecule has 27 heavy (non-hydrogen) atoms. The summed E-state index contributed by atoms with van der Waals surface area (Å²) in [4.78, 5) is 0. The molecule has 0 fully saturated rings. The first-order valence-corrected chi connectivity index (χ1v) is 10.4. The van der Waals surface area contributed by atoms with Crippen molar-refractivity contribution in [2.45, 2.75) is 77.2 Å². The van der Waals surface area contributed by atoms with E-state index in [9.17, 15) is 5.11 Å². The number of hydrogen-bond acceptors (Lipinski definition) is 1. The second-order valence-electron chi connectivity index (χ2n) is 8.40. The van der Waals surface area contributed by atoms with Crippen LogP contribution in [-0.4, -0.2) is 10.7 Å². The van der Waals surface area contributed by atoms with Gasteiger partial charge in [0, 0.05) is 11.0 Å². The molecule has 0 aromatic heterocycles. The van der Waals surface area contributed by atoms with Gasteiger partial charge in [-0.3, -0.25) is 0 Å². The maximum Gasteiger partial charge on any atom is 0.120 e. The topological polar surface area (TPSA) is 20.2 Å². The van der Waals surface area contributed by atoms with E-state index >= 15 is 0 Å². The molecule has 0 aliphatic heterocycles. The van der Waals surface area contributed by atoms with Gasteiger partial charge >= 0.3 is 0 Å². The van der Waals surface area contributed by atoms with E-state index in [0.717, 1.165) is 5.56 Å². The van der Waals surface area contributed by atoms with E-state index in [1.165, 1.54) is 60.8 Å². The van der Waals surface area contributed by atoms with Crippen LogP contribution in [0.15, 0.2) is 42.5 Å². The lowest BCUT2D eigenvalue weighted by Gasteiger charge is -2.32. The van der Waals surface area contributed by atoms with Gasteiger partial charge in [-0.15, -0.1) is 0 Å². The molecular weight excluding hydrogens is 328 g/mol. The molecule has 1 nitrogen and oxygen atoms in total. The molecule has 0 bridgehead atoms. The zero-order valence-electron chi connectivity index (χ0n) is 17.2. The summed E-state index contributed by atoms with van der Waals surface area (Å²) in [5.41, 5.74) is 5.82. The second-order valence-corrected chi connectivity index (χ2v) is 8.40. The fourth-order valence-corrected chi connectivity index (χ4v) is 4.38. The fourth-order valence-electron chi connectivity index (χ4n) is 4.38. The lowest BCUT2D eigenvalue weighted by atomic mass is 9.70. The Hall–Kier alpha value is -2.04. The molecule has 0 amide bonds. The molecule has 1 aliphatic rings. The smallest absolute Gasteiger partial charge is 0.120 e. The van der Waals surface area contributed by atoms with Gasteiger partial charge in [-0.25, -0.2) is 0 Å². The zero-order chi connectivity index (χ0) is 19.5. The van der Waals surface area contributed by atoms with Crippen molar-refractivity contribution in [3.05, 3.63) is 59.2 Å². The summed E-state index contributed by atoms with van der Waals surface area (Å²) < 4.78 is 0. The summed E-state index contributed by atoms with van der Waals surface area (Å²) in [5, 5.41) is 9.98. The molecule has 0 unspecified atom stereocenters. The van der Waals surface area contributed by atoms with Crippen molar-refractivity contribution in [3.8, 4) is 23.0 Å². The van der Waals surface area contributed by atoms with Crippen LogP contribution in [0.1, 0.15) is 82.9 Å². The van der Waals surface area contributed by atoms with E-state index in [2.05, 4.69) is 68.2 Å². The maximum atomic E-state index is 9.98. The van der Waals surface area contributed by atoms with Crippen molar-refractivity contribution in [2.75, 3.05) is 0 Å². The summed E-state index contributed by atoms with van der Waals surface area (Å²) in [6, 6.07) is 15.6. The van der Waals surface area contributed by atoms with Crippen LogP contribution in [0.2, 0.25) is 0 Å². The Balaban J connectivity index is 2.16. The van der Waals surface area contributed by atoms with Crippen LogP contribution in [0.4, 0.5) is 0 Å². The van der Waals surface area contributed by atoms with Crippen molar-refractivity contribution in [1.29, 1.82) is 0 Å². The number of unbranched alkanes of at least 4 members (excludes halogenated alkanes) is 2. The van der Waals surface area contributed by atoms with Crippen molar-refractivity contribution in [2.24, 2.45) is 0 Å². The predicted octanol–water partition coefficient (Wildman–Crippen LogP) is 6.46. The molecule has 2 aromatic rings. The fraction of sp³-hybridized carbons (Fsp3) is 0.462. The van der Waals surface area contributed by atoms with E-state index in [-0.39, 0.29) is 5.41 Å². The summed E-state index contributed by atoms with van der Waals surface area (Å²) in [6.45, 7) is 8.02. The van der Waals surface area contributed by atoms with E-state index in [1.807, 2.05) is 0 Å². The first kappa shape index (κ1) is 19.7. The Morgan fingerprint density at radius 2 is 1.52 bits per heavy atom. The van der Waals surface area contributed by atoms with E-state index in [1.54, 1.807) is 13.8 Å². The molecule has 1 heteroatoms. The third-order valence-corrected chi connectivity index (χ3v) is 5.69. The second kappa shape index (κ2) is 7.91. The average molecular weight is 361 g/mol. The third-order valence-electron chi connectivity index (χ3n) is 5.69. The van der Waals surface area contributed by atoms with Crippen LogP contribution in [0.25, 0.3) is 11.1 Å². The molecule has 142 valence electrons. The number of fused-ring (bicyclic) bond motifs is 3.